The predicted molar refractivity (Wildman–Crippen MR) is 147 cm³/mol. The number of fused-ring (bicyclic) bond motifs is 1. The molecule has 0 aliphatic carbocycles. The summed E-state index contributed by atoms with van der Waals surface area (Å²) in [6, 6.07) is 21.6. The maximum absolute atomic E-state index is 13.7. The van der Waals surface area contributed by atoms with E-state index in [1.54, 1.807) is 10.9 Å². The van der Waals surface area contributed by atoms with Gasteiger partial charge >= 0.3 is 0 Å². The molecular formula is C30H32N6O3. The zero-order valence-corrected chi connectivity index (χ0v) is 22.0. The lowest BCUT2D eigenvalue weighted by Crippen LogP contribution is -2.35. The third-order valence-electron chi connectivity index (χ3n) is 7.38. The molecule has 9 nitrogen and oxygen atoms in total. The van der Waals surface area contributed by atoms with Crippen molar-refractivity contribution in [3.8, 4) is 0 Å². The first-order chi connectivity index (χ1) is 19.2. The van der Waals surface area contributed by atoms with E-state index in [-0.39, 0.29) is 11.7 Å². The molecule has 39 heavy (non-hydrogen) atoms. The van der Waals surface area contributed by atoms with E-state index in [2.05, 4.69) is 56.6 Å². The highest BCUT2D eigenvalue weighted by Gasteiger charge is 2.32. The summed E-state index contributed by atoms with van der Waals surface area (Å²) in [5.74, 6) is 1.39. The molecule has 3 aromatic heterocycles. The van der Waals surface area contributed by atoms with Gasteiger partial charge < -0.3 is 14.1 Å². The van der Waals surface area contributed by atoms with Crippen molar-refractivity contribution in [1.29, 1.82) is 0 Å². The molecule has 0 radical (unpaired) electrons. The number of aromatic amines is 1. The number of nitrogens with zero attached hydrogens (tertiary/aromatic N) is 5. The fraction of sp³-hybridized carbons (Fsp3) is 0.333. The number of benzene rings is 2. The van der Waals surface area contributed by atoms with Crippen LogP contribution in [0.1, 0.15) is 54.1 Å². The smallest absolute Gasteiger partial charge is 0.253 e. The second-order valence-electron chi connectivity index (χ2n) is 10.1. The van der Waals surface area contributed by atoms with E-state index in [1.807, 2.05) is 42.5 Å². The second-order valence-corrected chi connectivity index (χ2v) is 10.1. The first-order valence-electron chi connectivity index (χ1n) is 13.5. The lowest BCUT2D eigenvalue weighted by atomic mass is 10.0. The van der Waals surface area contributed by atoms with Crippen LogP contribution < -0.4 is 5.56 Å². The molecule has 0 amide bonds. The molecule has 0 saturated carbocycles. The first-order valence-corrected chi connectivity index (χ1v) is 13.5. The maximum Gasteiger partial charge on any atom is 0.253 e. The summed E-state index contributed by atoms with van der Waals surface area (Å²) in [4.78, 5) is 19.0. The van der Waals surface area contributed by atoms with E-state index in [0.29, 0.717) is 31.0 Å². The summed E-state index contributed by atoms with van der Waals surface area (Å²) in [6.07, 6.45) is 4.60. The first kappa shape index (κ1) is 25.2. The molecular weight excluding hydrogens is 492 g/mol. The van der Waals surface area contributed by atoms with Crippen LogP contribution >= 0.6 is 0 Å². The Kier molecular flexibility index (Phi) is 7.33. The molecule has 5 aromatic rings. The van der Waals surface area contributed by atoms with Crippen LogP contribution in [0, 0.1) is 0 Å². The highest BCUT2D eigenvalue weighted by molar-refractivity contribution is 5.80. The summed E-state index contributed by atoms with van der Waals surface area (Å²) in [5, 5.41) is 13.9. The van der Waals surface area contributed by atoms with Gasteiger partial charge in [0.15, 0.2) is 5.82 Å². The van der Waals surface area contributed by atoms with Crippen molar-refractivity contribution in [2.75, 3.05) is 6.61 Å². The number of ether oxygens (including phenoxy) is 1. The molecule has 0 unspecified atom stereocenters. The van der Waals surface area contributed by atoms with Gasteiger partial charge in [-0.1, -0.05) is 43.3 Å². The van der Waals surface area contributed by atoms with Gasteiger partial charge in [0.05, 0.1) is 25.5 Å². The number of hydrogen-bond acceptors (Lipinski definition) is 7. The number of rotatable bonds is 10. The molecule has 1 fully saturated rings. The number of aryl methyl sites for hydroxylation is 1. The van der Waals surface area contributed by atoms with Crippen LogP contribution in [-0.4, -0.2) is 42.8 Å². The van der Waals surface area contributed by atoms with Crippen molar-refractivity contribution in [3.05, 3.63) is 112 Å². The molecule has 1 saturated heterocycles. The van der Waals surface area contributed by atoms with Gasteiger partial charge in [-0.3, -0.25) is 9.69 Å². The van der Waals surface area contributed by atoms with Crippen molar-refractivity contribution < 1.29 is 9.15 Å². The summed E-state index contributed by atoms with van der Waals surface area (Å²) in [5.41, 5.74) is 3.54. The molecule has 2 atom stereocenters. The van der Waals surface area contributed by atoms with Gasteiger partial charge in [0, 0.05) is 24.2 Å². The third-order valence-corrected chi connectivity index (χ3v) is 7.38. The lowest BCUT2D eigenvalue weighted by Gasteiger charge is -2.30. The van der Waals surface area contributed by atoms with Crippen molar-refractivity contribution >= 4 is 10.9 Å². The number of pyridine rings is 1. The van der Waals surface area contributed by atoms with Gasteiger partial charge in [-0.25, -0.2) is 4.68 Å². The van der Waals surface area contributed by atoms with Crippen LogP contribution in [0.2, 0.25) is 0 Å². The van der Waals surface area contributed by atoms with Crippen LogP contribution in [0.25, 0.3) is 10.9 Å². The third kappa shape index (κ3) is 5.55. The van der Waals surface area contributed by atoms with Gasteiger partial charge in [0.25, 0.3) is 5.56 Å². The molecule has 2 aromatic carbocycles. The number of aromatic nitrogens is 5. The summed E-state index contributed by atoms with van der Waals surface area (Å²) >= 11 is 0. The second kappa shape index (κ2) is 11.3. The minimum Gasteiger partial charge on any atom is -0.468 e. The lowest BCUT2D eigenvalue weighted by molar-refractivity contribution is 0.0901. The van der Waals surface area contributed by atoms with Gasteiger partial charge in [-0.05, 0) is 76.5 Å². The van der Waals surface area contributed by atoms with E-state index in [9.17, 15) is 4.79 Å². The molecule has 9 heteroatoms. The molecule has 1 aliphatic heterocycles. The highest BCUT2D eigenvalue weighted by Crippen LogP contribution is 2.31. The van der Waals surface area contributed by atoms with E-state index in [0.717, 1.165) is 48.1 Å². The quantitative estimate of drug-likeness (QED) is 0.284. The fourth-order valence-corrected chi connectivity index (χ4v) is 5.37. The Balaban J connectivity index is 1.50. The van der Waals surface area contributed by atoms with Gasteiger partial charge in [-0.15, -0.1) is 5.10 Å². The van der Waals surface area contributed by atoms with Crippen molar-refractivity contribution in [2.24, 2.45) is 0 Å². The number of tetrazole rings is 1. The van der Waals surface area contributed by atoms with Gasteiger partial charge in [0.2, 0.25) is 0 Å². The molecule has 0 spiro atoms. The minimum absolute atomic E-state index is 0.0440. The molecule has 0 bridgehead atoms. The largest absolute Gasteiger partial charge is 0.468 e. The number of H-pyrrole nitrogens is 1. The Morgan fingerprint density at radius 3 is 2.74 bits per heavy atom. The Morgan fingerprint density at radius 2 is 1.97 bits per heavy atom. The molecule has 1 aliphatic rings. The zero-order valence-electron chi connectivity index (χ0n) is 22.0. The topological polar surface area (TPSA) is 102 Å². The Morgan fingerprint density at radius 1 is 1.08 bits per heavy atom. The van der Waals surface area contributed by atoms with Crippen LogP contribution in [0.4, 0.5) is 0 Å². The SMILES string of the molecule is CCc1ccc2[nH]c(=O)c([C@H](c3nnnn3C[C@H]3CCCO3)N(Cc3ccccc3)Cc3ccco3)cc2c1. The van der Waals surface area contributed by atoms with Crippen LogP contribution in [-0.2, 0) is 30.8 Å². The number of furan rings is 1. The average Bonchev–Trinajstić information content (AvgIpc) is 3.75. The molecule has 200 valence electrons. The Labute approximate surface area is 226 Å². The molecule has 6 rings (SSSR count). The normalized spacial score (nSPS) is 16.3. The van der Waals surface area contributed by atoms with Crippen LogP contribution in [0.15, 0.2) is 82.2 Å². The Hall–Kier alpha value is -4.08. The van der Waals surface area contributed by atoms with Gasteiger partial charge in [-0.2, -0.15) is 0 Å². The summed E-state index contributed by atoms with van der Waals surface area (Å²) in [6.45, 7) is 4.43. The summed E-state index contributed by atoms with van der Waals surface area (Å²) < 4.78 is 13.5. The predicted octanol–water partition coefficient (Wildman–Crippen LogP) is 4.64. The van der Waals surface area contributed by atoms with Crippen molar-refractivity contribution in [3.63, 3.8) is 0 Å². The number of hydrogen-bond donors (Lipinski definition) is 1. The van der Waals surface area contributed by atoms with Crippen LogP contribution in [0.3, 0.4) is 0 Å². The van der Waals surface area contributed by atoms with Crippen molar-refractivity contribution in [1.82, 2.24) is 30.1 Å². The maximum atomic E-state index is 13.7. The minimum atomic E-state index is -0.537. The van der Waals surface area contributed by atoms with Crippen molar-refractivity contribution in [2.45, 2.75) is 58.0 Å². The number of nitrogens with one attached hydrogen (secondary N) is 1. The van der Waals surface area contributed by atoms with Crippen LogP contribution in [0.5, 0.6) is 0 Å². The summed E-state index contributed by atoms with van der Waals surface area (Å²) in [7, 11) is 0. The molecule has 4 heterocycles. The van der Waals surface area contributed by atoms with E-state index >= 15 is 0 Å². The molecule has 1 N–H and O–H groups in total. The fourth-order valence-electron chi connectivity index (χ4n) is 5.37. The van der Waals surface area contributed by atoms with E-state index in [4.69, 9.17) is 9.15 Å². The highest BCUT2D eigenvalue weighted by atomic mass is 16.5. The van der Waals surface area contributed by atoms with E-state index in [1.165, 1.54) is 5.56 Å². The zero-order chi connectivity index (χ0) is 26.6. The monoisotopic (exact) mass is 524 g/mol. The van der Waals surface area contributed by atoms with E-state index < -0.39 is 6.04 Å². The Bertz CT molecular complexity index is 1570. The standard InChI is InChI=1S/C30H32N6O3/c1-2-21-12-13-27-23(16-21)17-26(30(37)31-27)28(29-32-33-34-36(29)20-25-11-7-15-39-25)35(19-24-10-6-14-38-24)18-22-8-4-3-5-9-22/h3-6,8-10,12-14,16-17,25,28H,2,7,11,15,18-20H2,1H3,(H,31,37)/t25-,28-/m1/s1. The average molecular weight is 525 g/mol. The van der Waals surface area contributed by atoms with Gasteiger partial charge in [0.1, 0.15) is 11.8 Å².